The van der Waals surface area contributed by atoms with Crippen molar-refractivity contribution in [3.05, 3.63) is 30.3 Å². The maximum Gasteiger partial charge on any atom is 0.240 e. The van der Waals surface area contributed by atoms with Crippen molar-refractivity contribution < 1.29 is 13.2 Å². The molecule has 0 unspecified atom stereocenters. The highest BCUT2D eigenvalue weighted by Gasteiger charge is 2.17. The third-order valence-corrected chi connectivity index (χ3v) is 4.63. The SMILES string of the molecule is Cl.O=C(CCNS(=O)(=O)c1ccccc1)NCC1CNC1. The van der Waals surface area contributed by atoms with Gasteiger partial charge in [-0.25, -0.2) is 13.1 Å². The molecule has 0 spiro atoms. The topological polar surface area (TPSA) is 87.3 Å². The molecule has 1 aromatic carbocycles. The molecule has 1 aliphatic rings. The van der Waals surface area contributed by atoms with Crippen LogP contribution in [0.3, 0.4) is 0 Å². The summed E-state index contributed by atoms with van der Waals surface area (Å²) in [5, 5.41) is 5.92. The van der Waals surface area contributed by atoms with E-state index in [0.29, 0.717) is 12.5 Å². The van der Waals surface area contributed by atoms with E-state index < -0.39 is 10.0 Å². The molecule has 1 heterocycles. The van der Waals surface area contributed by atoms with Gasteiger partial charge in [0.1, 0.15) is 0 Å². The van der Waals surface area contributed by atoms with Crippen LogP contribution in [0.2, 0.25) is 0 Å². The van der Waals surface area contributed by atoms with Gasteiger partial charge in [-0.1, -0.05) is 18.2 Å². The Morgan fingerprint density at radius 1 is 1.24 bits per heavy atom. The van der Waals surface area contributed by atoms with E-state index >= 15 is 0 Å². The van der Waals surface area contributed by atoms with E-state index in [2.05, 4.69) is 15.4 Å². The molecule has 8 heteroatoms. The lowest BCUT2D eigenvalue weighted by Crippen LogP contribution is -2.48. The Labute approximate surface area is 131 Å². The molecule has 1 aromatic rings. The minimum Gasteiger partial charge on any atom is -0.356 e. The van der Waals surface area contributed by atoms with E-state index in [1.165, 1.54) is 12.1 Å². The molecule has 6 nitrogen and oxygen atoms in total. The van der Waals surface area contributed by atoms with Crippen molar-refractivity contribution in [2.75, 3.05) is 26.2 Å². The second-order valence-electron chi connectivity index (χ2n) is 4.79. The van der Waals surface area contributed by atoms with E-state index in [-0.39, 0.29) is 36.2 Å². The average Bonchev–Trinajstić information content (AvgIpc) is 2.38. The summed E-state index contributed by atoms with van der Waals surface area (Å²) in [6.45, 7) is 2.62. The molecule has 0 atom stereocenters. The largest absolute Gasteiger partial charge is 0.356 e. The van der Waals surface area contributed by atoms with Gasteiger partial charge in [-0.2, -0.15) is 0 Å². The number of sulfonamides is 1. The van der Waals surface area contributed by atoms with Crippen molar-refractivity contribution in [1.29, 1.82) is 0 Å². The van der Waals surface area contributed by atoms with Crippen molar-refractivity contribution in [3.63, 3.8) is 0 Å². The molecule has 0 aromatic heterocycles. The Balaban J connectivity index is 0.00000220. The summed E-state index contributed by atoms with van der Waals surface area (Å²) < 4.78 is 26.2. The second kappa shape index (κ2) is 8.33. The highest BCUT2D eigenvalue weighted by molar-refractivity contribution is 7.89. The Bertz CT molecular complexity index is 547. The summed E-state index contributed by atoms with van der Waals surface area (Å²) >= 11 is 0. The monoisotopic (exact) mass is 333 g/mol. The van der Waals surface area contributed by atoms with E-state index in [9.17, 15) is 13.2 Å². The molecule has 1 fully saturated rings. The highest BCUT2D eigenvalue weighted by atomic mass is 35.5. The third-order valence-electron chi connectivity index (χ3n) is 3.15. The van der Waals surface area contributed by atoms with Gasteiger partial charge in [0, 0.05) is 38.5 Å². The fraction of sp³-hybridized carbons (Fsp3) is 0.462. The van der Waals surface area contributed by atoms with Gasteiger partial charge in [0.25, 0.3) is 0 Å². The molecule has 118 valence electrons. The number of halogens is 1. The number of hydrogen-bond donors (Lipinski definition) is 3. The number of nitrogens with one attached hydrogen (secondary N) is 3. The van der Waals surface area contributed by atoms with Crippen molar-refractivity contribution in [2.24, 2.45) is 5.92 Å². The molecule has 0 saturated carbocycles. The highest BCUT2D eigenvalue weighted by Crippen LogP contribution is 2.06. The van der Waals surface area contributed by atoms with Gasteiger partial charge in [-0.3, -0.25) is 4.79 Å². The maximum atomic E-state index is 11.9. The zero-order valence-corrected chi connectivity index (χ0v) is 13.2. The predicted octanol–water partition coefficient (Wildman–Crippen LogP) is 0.112. The Morgan fingerprint density at radius 2 is 1.90 bits per heavy atom. The Hall–Kier alpha value is -1.15. The van der Waals surface area contributed by atoms with Crippen LogP contribution in [0.15, 0.2) is 35.2 Å². The fourth-order valence-corrected chi connectivity index (χ4v) is 2.87. The predicted molar refractivity (Wildman–Crippen MR) is 82.9 cm³/mol. The molecule has 1 aliphatic heterocycles. The van der Waals surface area contributed by atoms with Crippen LogP contribution in [0, 0.1) is 5.92 Å². The lowest BCUT2D eigenvalue weighted by Gasteiger charge is -2.27. The van der Waals surface area contributed by atoms with Gasteiger partial charge in [-0.05, 0) is 12.1 Å². The minimum atomic E-state index is -3.52. The van der Waals surface area contributed by atoms with Crippen LogP contribution in [0.4, 0.5) is 0 Å². The molecule has 1 amide bonds. The lowest BCUT2D eigenvalue weighted by atomic mass is 10.0. The van der Waals surface area contributed by atoms with Crippen LogP contribution in [0.5, 0.6) is 0 Å². The molecule has 0 radical (unpaired) electrons. The fourth-order valence-electron chi connectivity index (χ4n) is 1.82. The third kappa shape index (κ3) is 5.62. The number of benzene rings is 1. The first-order valence-electron chi connectivity index (χ1n) is 6.60. The summed E-state index contributed by atoms with van der Waals surface area (Å²) in [6.07, 6.45) is 0.145. The Morgan fingerprint density at radius 3 is 2.48 bits per heavy atom. The van der Waals surface area contributed by atoms with Gasteiger partial charge in [-0.15, -0.1) is 12.4 Å². The summed E-state index contributed by atoms with van der Waals surface area (Å²) in [5.74, 6) is 0.368. The van der Waals surface area contributed by atoms with Crippen LogP contribution in [-0.2, 0) is 14.8 Å². The zero-order valence-electron chi connectivity index (χ0n) is 11.5. The summed E-state index contributed by atoms with van der Waals surface area (Å²) in [5.41, 5.74) is 0. The van der Waals surface area contributed by atoms with Crippen LogP contribution in [0.1, 0.15) is 6.42 Å². The molecule has 0 aliphatic carbocycles. The van der Waals surface area contributed by atoms with E-state index in [1.807, 2.05) is 0 Å². The maximum absolute atomic E-state index is 11.9. The minimum absolute atomic E-state index is 0. The van der Waals surface area contributed by atoms with Gasteiger partial charge >= 0.3 is 0 Å². The van der Waals surface area contributed by atoms with E-state index in [4.69, 9.17) is 0 Å². The van der Waals surface area contributed by atoms with Gasteiger partial charge in [0.05, 0.1) is 4.90 Å². The van der Waals surface area contributed by atoms with Crippen LogP contribution in [-0.4, -0.2) is 40.5 Å². The van der Waals surface area contributed by atoms with Crippen LogP contribution < -0.4 is 15.4 Å². The first kappa shape index (κ1) is 17.9. The number of rotatable bonds is 7. The molecule has 21 heavy (non-hydrogen) atoms. The molecule has 2 rings (SSSR count). The number of amides is 1. The van der Waals surface area contributed by atoms with Gasteiger partial charge < -0.3 is 10.6 Å². The first-order chi connectivity index (χ1) is 9.58. The van der Waals surface area contributed by atoms with Crippen LogP contribution in [0.25, 0.3) is 0 Å². The summed E-state index contributed by atoms with van der Waals surface area (Å²) in [4.78, 5) is 11.8. The van der Waals surface area contributed by atoms with Gasteiger partial charge in [0.15, 0.2) is 0 Å². The smallest absolute Gasteiger partial charge is 0.240 e. The number of carbonyl (C=O) groups is 1. The summed E-state index contributed by atoms with van der Waals surface area (Å²) in [7, 11) is -3.52. The molecule has 3 N–H and O–H groups in total. The van der Waals surface area contributed by atoms with Gasteiger partial charge in [0.2, 0.25) is 15.9 Å². The first-order valence-corrected chi connectivity index (χ1v) is 8.08. The van der Waals surface area contributed by atoms with Crippen molar-refractivity contribution in [1.82, 2.24) is 15.4 Å². The molecular formula is C13H20ClN3O3S. The number of hydrogen-bond acceptors (Lipinski definition) is 4. The second-order valence-corrected chi connectivity index (χ2v) is 6.56. The zero-order chi connectivity index (χ0) is 14.4. The van der Waals surface area contributed by atoms with Crippen molar-refractivity contribution in [2.45, 2.75) is 11.3 Å². The lowest BCUT2D eigenvalue weighted by molar-refractivity contribution is -0.121. The normalized spacial score (nSPS) is 14.9. The molecule has 1 saturated heterocycles. The molecule has 0 bridgehead atoms. The quantitative estimate of drug-likeness (QED) is 0.661. The van der Waals surface area contributed by atoms with Crippen LogP contribution >= 0.6 is 12.4 Å². The number of carbonyl (C=O) groups excluding carboxylic acids is 1. The molecular weight excluding hydrogens is 314 g/mol. The standard InChI is InChI=1S/C13H19N3O3S.ClH/c17-13(15-10-11-8-14-9-11)6-7-16-20(18,19)12-4-2-1-3-5-12;/h1-5,11,14,16H,6-10H2,(H,15,17);1H. The van der Waals surface area contributed by atoms with E-state index in [1.54, 1.807) is 18.2 Å². The average molecular weight is 334 g/mol. The Kier molecular flexibility index (Phi) is 7.10. The van der Waals surface area contributed by atoms with Crippen molar-refractivity contribution in [3.8, 4) is 0 Å². The van der Waals surface area contributed by atoms with Crippen molar-refractivity contribution >= 4 is 28.3 Å². The van der Waals surface area contributed by atoms with E-state index in [0.717, 1.165) is 13.1 Å². The summed E-state index contributed by atoms with van der Waals surface area (Å²) in [6, 6.07) is 8.11.